The Morgan fingerprint density at radius 3 is 2.57 bits per heavy atom. The number of halogens is 3. The molecule has 1 aromatic carbocycles. The van der Waals surface area contributed by atoms with Crippen molar-refractivity contribution in [1.82, 2.24) is 4.90 Å². The zero-order valence-corrected chi connectivity index (χ0v) is 18.0. The molecule has 4 rings (SSSR count). The van der Waals surface area contributed by atoms with Gasteiger partial charge in [0.25, 0.3) is 5.91 Å². The molecule has 164 valence electrons. The first-order valence-electron chi connectivity index (χ1n) is 9.93. The van der Waals surface area contributed by atoms with Gasteiger partial charge in [-0.15, -0.1) is 0 Å². The first-order chi connectivity index (χ1) is 14.2. The van der Waals surface area contributed by atoms with E-state index in [2.05, 4.69) is 0 Å². The first-order valence-corrected chi connectivity index (χ1v) is 11.2. The minimum absolute atomic E-state index is 0.108. The summed E-state index contributed by atoms with van der Waals surface area (Å²) in [6.07, 6.45) is 1.45. The van der Waals surface area contributed by atoms with E-state index in [0.717, 1.165) is 31.2 Å². The predicted molar refractivity (Wildman–Crippen MR) is 109 cm³/mol. The van der Waals surface area contributed by atoms with Gasteiger partial charge in [0.1, 0.15) is 5.75 Å². The number of alkyl halides is 3. The van der Waals surface area contributed by atoms with Crippen LogP contribution in [-0.2, 0) is 21.5 Å². The third-order valence-electron chi connectivity index (χ3n) is 6.74. The Morgan fingerprint density at radius 1 is 1.30 bits per heavy atom. The third-order valence-corrected chi connectivity index (χ3v) is 7.47. The summed E-state index contributed by atoms with van der Waals surface area (Å²) in [6.45, 7) is -1.37. The quantitative estimate of drug-likeness (QED) is 0.706. The molecule has 1 unspecified atom stereocenters. The van der Waals surface area contributed by atoms with E-state index in [1.807, 2.05) is 6.26 Å². The molecule has 1 saturated carbocycles. The van der Waals surface area contributed by atoms with Gasteiger partial charge in [-0.1, -0.05) is 17.8 Å². The van der Waals surface area contributed by atoms with Crippen LogP contribution < -0.4 is 4.74 Å². The van der Waals surface area contributed by atoms with E-state index in [4.69, 9.17) is 14.5 Å². The average Bonchev–Trinajstić information content (AvgIpc) is 3.13. The van der Waals surface area contributed by atoms with Crippen LogP contribution in [-0.4, -0.2) is 55.3 Å². The number of aliphatic imine (C=N–C) groups is 1. The normalized spacial score (nSPS) is 30.9. The summed E-state index contributed by atoms with van der Waals surface area (Å²) in [6, 6.07) is 4.94. The van der Waals surface area contributed by atoms with E-state index in [-0.39, 0.29) is 17.8 Å². The number of benzene rings is 1. The highest BCUT2D eigenvalue weighted by Crippen LogP contribution is 2.62. The molecule has 1 heterocycles. The molecule has 0 radical (unpaired) electrons. The van der Waals surface area contributed by atoms with E-state index >= 15 is 0 Å². The summed E-state index contributed by atoms with van der Waals surface area (Å²) in [5, 5.41) is 0.628. The van der Waals surface area contributed by atoms with Crippen LogP contribution in [0.25, 0.3) is 0 Å². The number of nitrogens with zero attached hydrogens (tertiary/aromatic N) is 2. The number of carbonyl (C=O) groups is 1. The molecule has 9 heteroatoms. The van der Waals surface area contributed by atoms with Crippen LogP contribution in [0.1, 0.15) is 36.8 Å². The van der Waals surface area contributed by atoms with Gasteiger partial charge in [-0.3, -0.25) is 9.69 Å². The van der Waals surface area contributed by atoms with Gasteiger partial charge in [-0.05, 0) is 61.6 Å². The standard InChI is InChI=1S/C21H25F3N2O3S/c1-26-17(27)21(25-18(26)30-3)16-10-15(29-12-20(22,23)24)5-4-13(16)11-19(21)8-6-14(28-2)7-9-19/h4-5,10,14H,6-9,11-12H2,1-3H3. The monoisotopic (exact) mass is 442 g/mol. The van der Waals surface area contributed by atoms with Crippen LogP contribution in [0.3, 0.4) is 0 Å². The van der Waals surface area contributed by atoms with Crippen molar-refractivity contribution >= 4 is 22.8 Å². The number of amidine groups is 1. The third kappa shape index (κ3) is 3.21. The largest absolute Gasteiger partial charge is 0.484 e. The topological polar surface area (TPSA) is 51.1 Å². The summed E-state index contributed by atoms with van der Waals surface area (Å²) in [4.78, 5) is 20.2. The molecule has 30 heavy (non-hydrogen) atoms. The number of methoxy groups -OCH3 is 1. The molecular formula is C21H25F3N2O3S. The Balaban J connectivity index is 1.80. The smallest absolute Gasteiger partial charge is 0.422 e. The Bertz CT molecular complexity index is 881. The number of hydrogen-bond donors (Lipinski definition) is 0. The van der Waals surface area contributed by atoms with Gasteiger partial charge in [0.15, 0.2) is 17.3 Å². The van der Waals surface area contributed by atoms with Crippen LogP contribution in [0.2, 0.25) is 0 Å². The number of hydrogen-bond acceptors (Lipinski definition) is 5. The van der Waals surface area contributed by atoms with E-state index in [1.54, 1.807) is 37.3 Å². The fraction of sp³-hybridized carbons (Fsp3) is 0.619. The second kappa shape index (κ2) is 7.44. The minimum atomic E-state index is -4.43. The van der Waals surface area contributed by atoms with Crippen LogP contribution in [0.5, 0.6) is 5.75 Å². The number of likely N-dealkylation sites (N-methyl/N-ethyl adjacent to an activating group) is 1. The number of rotatable bonds is 3. The lowest BCUT2D eigenvalue weighted by Crippen LogP contribution is -2.51. The van der Waals surface area contributed by atoms with Crippen molar-refractivity contribution in [2.24, 2.45) is 10.4 Å². The maximum Gasteiger partial charge on any atom is 0.422 e. The molecule has 1 atom stereocenters. The molecular weight excluding hydrogens is 417 g/mol. The van der Waals surface area contributed by atoms with Crippen molar-refractivity contribution in [1.29, 1.82) is 0 Å². The van der Waals surface area contributed by atoms with Crippen LogP contribution in [0.4, 0.5) is 13.2 Å². The van der Waals surface area contributed by atoms with E-state index < -0.39 is 23.7 Å². The summed E-state index contributed by atoms with van der Waals surface area (Å²) in [7, 11) is 3.41. The summed E-state index contributed by atoms with van der Waals surface area (Å²) >= 11 is 1.40. The molecule has 5 nitrogen and oxygen atoms in total. The van der Waals surface area contributed by atoms with Crippen molar-refractivity contribution in [3.8, 4) is 5.75 Å². The fourth-order valence-electron chi connectivity index (χ4n) is 5.30. The lowest BCUT2D eigenvalue weighted by molar-refractivity contribution is -0.153. The molecule has 3 aliphatic rings. The maximum atomic E-state index is 13.7. The molecule has 1 aromatic rings. The zero-order chi connectivity index (χ0) is 21.7. The Hall–Kier alpha value is -1.74. The highest BCUT2D eigenvalue weighted by Gasteiger charge is 2.66. The lowest BCUT2D eigenvalue weighted by atomic mass is 9.61. The number of thioether (sulfide) groups is 1. The maximum absolute atomic E-state index is 13.7. The van der Waals surface area contributed by atoms with Crippen molar-refractivity contribution in [2.75, 3.05) is 27.0 Å². The second-order valence-corrected chi connectivity index (χ2v) is 9.06. The molecule has 0 aromatic heterocycles. The Kier molecular flexibility index (Phi) is 5.33. The van der Waals surface area contributed by atoms with Gasteiger partial charge < -0.3 is 9.47 Å². The van der Waals surface area contributed by atoms with Crippen molar-refractivity contribution in [2.45, 2.75) is 49.9 Å². The van der Waals surface area contributed by atoms with Crippen LogP contribution in [0.15, 0.2) is 23.2 Å². The zero-order valence-electron chi connectivity index (χ0n) is 17.2. The van der Waals surface area contributed by atoms with Gasteiger partial charge >= 0.3 is 6.18 Å². The number of amides is 1. The number of carbonyl (C=O) groups excluding carboxylic acids is 1. The minimum Gasteiger partial charge on any atom is -0.484 e. The molecule has 1 fully saturated rings. The molecule has 2 spiro atoms. The molecule has 0 bridgehead atoms. The molecule has 1 amide bonds. The van der Waals surface area contributed by atoms with Crippen molar-refractivity contribution in [3.05, 3.63) is 29.3 Å². The van der Waals surface area contributed by atoms with E-state index in [1.165, 1.54) is 11.8 Å². The number of ether oxygens (including phenoxy) is 2. The highest BCUT2D eigenvalue weighted by molar-refractivity contribution is 8.13. The summed E-state index contributed by atoms with van der Waals surface area (Å²) in [5.41, 5.74) is 0.110. The van der Waals surface area contributed by atoms with Crippen molar-refractivity contribution < 1.29 is 27.4 Å². The van der Waals surface area contributed by atoms with Gasteiger partial charge in [-0.25, -0.2) is 4.99 Å². The molecule has 0 saturated heterocycles. The van der Waals surface area contributed by atoms with Gasteiger partial charge in [0, 0.05) is 19.6 Å². The van der Waals surface area contributed by atoms with E-state index in [9.17, 15) is 18.0 Å². The average molecular weight is 443 g/mol. The van der Waals surface area contributed by atoms with Gasteiger partial charge in [-0.2, -0.15) is 13.2 Å². The van der Waals surface area contributed by atoms with E-state index in [0.29, 0.717) is 17.2 Å². The Morgan fingerprint density at radius 2 is 2.00 bits per heavy atom. The highest BCUT2D eigenvalue weighted by atomic mass is 32.2. The van der Waals surface area contributed by atoms with Crippen molar-refractivity contribution in [3.63, 3.8) is 0 Å². The second-order valence-electron chi connectivity index (χ2n) is 8.29. The van der Waals surface area contributed by atoms with Gasteiger partial charge in [0.05, 0.1) is 6.10 Å². The van der Waals surface area contributed by atoms with Crippen LogP contribution >= 0.6 is 11.8 Å². The Labute approximate surface area is 178 Å². The predicted octanol–water partition coefficient (Wildman–Crippen LogP) is 4.15. The first kappa shape index (κ1) is 21.5. The van der Waals surface area contributed by atoms with Crippen LogP contribution in [0, 0.1) is 5.41 Å². The number of fused-ring (bicyclic) bond motifs is 3. The molecule has 1 aliphatic heterocycles. The SMILES string of the molecule is COC1CCC2(CC1)Cc1ccc(OCC(F)(F)F)cc1C21N=C(SC)N(C)C1=O. The lowest BCUT2D eigenvalue weighted by Gasteiger charge is -2.45. The fourth-order valence-corrected chi connectivity index (χ4v) is 5.88. The molecule has 0 N–H and O–H groups in total. The van der Waals surface area contributed by atoms with Gasteiger partial charge in [0.2, 0.25) is 0 Å². The summed E-state index contributed by atoms with van der Waals surface area (Å²) in [5.74, 6) is -0.00855. The summed E-state index contributed by atoms with van der Waals surface area (Å²) < 4.78 is 48.5. The molecule has 2 aliphatic carbocycles.